The number of amides is 1. The predicted molar refractivity (Wildman–Crippen MR) is 61.2 cm³/mol. The number of aromatic nitrogens is 2. The van der Waals surface area contributed by atoms with E-state index in [2.05, 4.69) is 15.5 Å². The molecular formula is C10H17N5O2. The van der Waals surface area contributed by atoms with Crippen molar-refractivity contribution in [2.24, 2.45) is 5.73 Å². The number of nitrogens with two attached hydrogens (primary N) is 1. The monoisotopic (exact) mass is 239 g/mol. The fourth-order valence-electron chi connectivity index (χ4n) is 2.04. The fourth-order valence-corrected chi connectivity index (χ4v) is 2.04. The van der Waals surface area contributed by atoms with Crippen molar-refractivity contribution >= 4 is 11.9 Å². The SMILES string of the molecule is CNC(=O)C1CCCCN1c1nnc(CN)o1. The Hall–Kier alpha value is -1.63. The Morgan fingerprint density at radius 1 is 1.59 bits per heavy atom. The molecule has 1 saturated heterocycles. The lowest BCUT2D eigenvalue weighted by atomic mass is 10.0. The number of carbonyl (C=O) groups is 1. The standard InChI is InChI=1S/C10H17N5O2/c1-12-9(16)7-4-2-3-5-15(7)10-14-13-8(6-11)17-10/h7H,2-6,11H2,1H3,(H,12,16). The van der Waals surface area contributed by atoms with Gasteiger partial charge >= 0.3 is 6.01 Å². The second kappa shape index (κ2) is 5.13. The summed E-state index contributed by atoms with van der Waals surface area (Å²) < 4.78 is 5.40. The van der Waals surface area contributed by atoms with Crippen LogP contribution >= 0.6 is 0 Å². The Labute approximate surface area is 99.4 Å². The molecule has 2 rings (SSSR count). The van der Waals surface area contributed by atoms with Crippen molar-refractivity contribution in [1.29, 1.82) is 0 Å². The summed E-state index contributed by atoms with van der Waals surface area (Å²) in [7, 11) is 1.63. The summed E-state index contributed by atoms with van der Waals surface area (Å²) in [6.07, 6.45) is 2.86. The average molecular weight is 239 g/mol. The second-order valence-electron chi connectivity index (χ2n) is 4.00. The molecule has 0 spiro atoms. The van der Waals surface area contributed by atoms with Gasteiger partial charge in [0.05, 0.1) is 6.54 Å². The zero-order chi connectivity index (χ0) is 12.3. The molecule has 1 amide bonds. The lowest BCUT2D eigenvalue weighted by molar-refractivity contribution is -0.122. The van der Waals surface area contributed by atoms with E-state index in [1.165, 1.54) is 0 Å². The first-order valence-corrected chi connectivity index (χ1v) is 5.77. The maximum atomic E-state index is 11.8. The summed E-state index contributed by atoms with van der Waals surface area (Å²) in [4.78, 5) is 13.6. The molecule has 2 heterocycles. The highest BCUT2D eigenvalue weighted by molar-refractivity contribution is 5.84. The normalized spacial score (nSPS) is 20.4. The highest BCUT2D eigenvalue weighted by Gasteiger charge is 2.31. The van der Waals surface area contributed by atoms with Gasteiger partial charge in [0.25, 0.3) is 0 Å². The molecule has 94 valence electrons. The van der Waals surface area contributed by atoms with Crippen LogP contribution in [0.3, 0.4) is 0 Å². The molecule has 0 radical (unpaired) electrons. The van der Waals surface area contributed by atoms with Crippen molar-refractivity contribution in [2.75, 3.05) is 18.5 Å². The molecule has 1 aromatic rings. The van der Waals surface area contributed by atoms with Gasteiger partial charge in [0.2, 0.25) is 11.8 Å². The van der Waals surface area contributed by atoms with Crippen LogP contribution in [0.15, 0.2) is 4.42 Å². The molecule has 7 nitrogen and oxygen atoms in total. The lowest BCUT2D eigenvalue weighted by Crippen LogP contribution is -2.49. The van der Waals surface area contributed by atoms with Crippen LogP contribution in [-0.2, 0) is 11.3 Å². The molecule has 0 bridgehead atoms. The van der Waals surface area contributed by atoms with Crippen LogP contribution in [0.5, 0.6) is 0 Å². The first-order valence-electron chi connectivity index (χ1n) is 5.77. The summed E-state index contributed by atoms with van der Waals surface area (Å²) in [5, 5.41) is 10.4. The minimum Gasteiger partial charge on any atom is -0.407 e. The topological polar surface area (TPSA) is 97.3 Å². The average Bonchev–Trinajstić information content (AvgIpc) is 2.86. The third-order valence-corrected chi connectivity index (χ3v) is 2.93. The number of nitrogens with one attached hydrogen (secondary N) is 1. The van der Waals surface area contributed by atoms with Crippen molar-refractivity contribution < 1.29 is 9.21 Å². The number of anilines is 1. The largest absolute Gasteiger partial charge is 0.407 e. The lowest BCUT2D eigenvalue weighted by Gasteiger charge is -2.32. The summed E-state index contributed by atoms with van der Waals surface area (Å²) in [6.45, 7) is 0.968. The molecule has 1 fully saturated rings. The van der Waals surface area contributed by atoms with Gasteiger partial charge in [0, 0.05) is 13.6 Å². The van der Waals surface area contributed by atoms with Crippen molar-refractivity contribution in [1.82, 2.24) is 15.5 Å². The van der Waals surface area contributed by atoms with E-state index in [0.717, 1.165) is 25.8 Å². The molecule has 1 aromatic heterocycles. The number of piperidine rings is 1. The van der Waals surface area contributed by atoms with E-state index in [4.69, 9.17) is 10.2 Å². The second-order valence-corrected chi connectivity index (χ2v) is 4.00. The zero-order valence-corrected chi connectivity index (χ0v) is 9.85. The van der Waals surface area contributed by atoms with Crippen molar-refractivity contribution in [3.63, 3.8) is 0 Å². The van der Waals surface area contributed by atoms with Crippen LogP contribution in [0.4, 0.5) is 6.01 Å². The summed E-state index contributed by atoms with van der Waals surface area (Å²) in [6, 6.07) is 0.165. The van der Waals surface area contributed by atoms with E-state index in [1.807, 2.05) is 4.90 Å². The maximum absolute atomic E-state index is 11.8. The van der Waals surface area contributed by atoms with Gasteiger partial charge in [0.1, 0.15) is 6.04 Å². The van der Waals surface area contributed by atoms with E-state index in [1.54, 1.807) is 7.05 Å². The molecule has 17 heavy (non-hydrogen) atoms. The van der Waals surface area contributed by atoms with Gasteiger partial charge in [0.15, 0.2) is 0 Å². The number of carbonyl (C=O) groups excluding carboxylic acids is 1. The van der Waals surface area contributed by atoms with E-state index in [-0.39, 0.29) is 18.5 Å². The third kappa shape index (κ3) is 2.38. The highest BCUT2D eigenvalue weighted by atomic mass is 16.4. The van der Waals surface area contributed by atoms with Crippen LogP contribution in [0, 0.1) is 0 Å². The summed E-state index contributed by atoms with van der Waals surface area (Å²) in [5.74, 6) is 0.374. The first-order chi connectivity index (χ1) is 8.26. The molecule has 0 aromatic carbocycles. The first kappa shape index (κ1) is 11.8. The van der Waals surface area contributed by atoms with Crippen LogP contribution in [0.2, 0.25) is 0 Å². The minimum atomic E-state index is -0.222. The smallest absolute Gasteiger partial charge is 0.318 e. The molecule has 1 atom stereocenters. The van der Waals surface area contributed by atoms with Crippen LogP contribution < -0.4 is 16.0 Å². The van der Waals surface area contributed by atoms with Gasteiger partial charge in [-0.3, -0.25) is 4.79 Å². The Kier molecular flexibility index (Phi) is 3.58. The van der Waals surface area contributed by atoms with E-state index < -0.39 is 0 Å². The van der Waals surface area contributed by atoms with Gasteiger partial charge < -0.3 is 20.4 Å². The van der Waals surface area contributed by atoms with Crippen LogP contribution in [0.25, 0.3) is 0 Å². The number of hydrogen-bond donors (Lipinski definition) is 2. The Balaban J connectivity index is 2.18. The minimum absolute atomic E-state index is 0.0165. The van der Waals surface area contributed by atoms with Gasteiger partial charge in [-0.05, 0) is 19.3 Å². The van der Waals surface area contributed by atoms with E-state index >= 15 is 0 Å². The third-order valence-electron chi connectivity index (χ3n) is 2.93. The molecule has 7 heteroatoms. The molecular weight excluding hydrogens is 222 g/mol. The fraction of sp³-hybridized carbons (Fsp3) is 0.700. The van der Waals surface area contributed by atoms with Gasteiger partial charge in [-0.25, -0.2) is 0 Å². The summed E-state index contributed by atoms with van der Waals surface area (Å²) in [5.41, 5.74) is 5.42. The maximum Gasteiger partial charge on any atom is 0.318 e. The molecule has 3 N–H and O–H groups in total. The van der Waals surface area contributed by atoms with Gasteiger partial charge in [-0.2, -0.15) is 0 Å². The Morgan fingerprint density at radius 2 is 2.41 bits per heavy atom. The molecule has 0 saturated carbocycles. The van der Waals surface area contributed by atoms with Crippen molar-refractivity contribution in [2.45, 2.75) is 31.8 Å². The van der Waals surface area contributed by atoms with Crippen molar-refractivity contribution in [3.8, 4) is 0 Å². The molecule has 1 aliphatic heterocycles. The quantitative estimate of drug-likeness (QED) is 0.747. The van der Waals surface area contributed by atoms with Crippen molar-refractivity contribution in [3.05, 3.63) is 5.89 Å². The van der Waals surface area contributed by atoms with Crippen LogP contribution in [-0.4, -0.2) is 35.7 Å². The Bertz CT molecular complexity index is 392. The Morgan fingerprint density at radius 3 is 3.06 bits per heavy atom. The zero-order valence-electron chi connectivity index (χ0n) is 9.85. The predicted octanol–water partition coefficient (Wildman–Crippen LogP) is -0.367. The molecule has 1 unspecified atom stereocenters. The van der Waals surface area contributed by atoms with E-state index in [9.17, 15) is 4.79 Å². The summed E-state index contributed by atoms with van der Waals surface area (Å²) >= 11 is 0. The number of rotatable bonds is 3. The van der Waals surface area contributed by atoms with Gasteiger partial charge in [-0.15, -0.1) is 5.10 Å². The van der Waals surface area contributed by atoms with Gasteiger partial charge in [-0.1, -0.05) is 5.10 Å². The number of likely N-dealkylation sites (N-methyl/N-ethyl adjacent to an activating group) is 1. The van der Waals surface area contributed by atoms with E-state index in [0.29, 0.717) is 11.9 Å². The van der Waals surface area contributed by atoms with Crippen LogP contribution in [0.1, 0.15) is 25.2 Å². The number of nitrogens with zero attached hydrogens (tertiary/aromatic N) is 3. The molecule has 1 aliphatic rings. The highest BCUT2D eigenvalue weighted by Crippen LogP contribution is 2.23. The molecule has 0 aliphatic carbocycles. The number of hydrogen-bond acceptors (Lipinski definition) is 6.